The standard InChI is InChI=1S/C13H10ClF2NO2/c14-12-8-5-7(19-13(15)16)1-2-10(8)17-11-3-4-18-6-9(11)12/h1-2,5,13H,3-4,6H2. The van der Waals surface area contributed by atoms with E-state index in [2.05, 4.69) is 9.72 Å². The van der Waals surface area contributed by atoms with E-state index < -0.39 is 6.61 Å². The Bertz CT molecular complexity index is 634. The number of rotatable bonds is 2. The van der Waals surface area contributed by atoms with Crippen molar-refractivity contribution in [3.63, 3.8) is 0 Å². The van der Waals surface area contributed by atoms with E-state index in [-0.39, 0.29) is 5.75 Å². The van der Waals surface area contributed by atoms with Crippen LogP contribution >= 0.6 is 11.6 Å². The highest BCUT2D eigenvalue weighted by molar-refractivity contribution is 6.36. The summed E-state index contributed by atoms with van der Waals surface area (Å²) in [5, 5.41) is 1.10. The lowest BCUT2D eigenvalue weighted by Gasteiger charge is -2.18. The number of fused-ring (bicyclic) bond motifs is 2. The first-order valence-corrected chi connectivity index (χ1v) is 6.16. The number of pyridine rings is 1. The van der Waals surface area contributed by atoms with Crippen LogP contribution in [0.15, 0.2) is 18.2 Å². The van der Waals surface area contributed by atoms with Gasteiger partial charge in [-0.1, -0.05) is 11.6 Å². The first kappa shape index (κ1) is 12.6. The van der Waals surface area contributed by atoms with Crippen LogP contribution < -0.4 is 4.74 Å². The molecule has 0 saturated carbocycles. The first-order chi connectivity index (χ1) is 9.15. The van der Waals surface area contributed by atoms with Gasteiger partial charge in [0.15, 0.2) is 0 Å². The number of alkyl halides is 2. The van der Waals surface area contributed by atoms with Gasteiger partial charge >= 0.3 is 6.61 Å². The molecule has 0 atom stereocenters. The van der Waals surface area contributed by atoms with Crippen LogP contribution in [0.25, 0.3) is 10.9 Å². The highest BCUT2D eigenvalue weighted by atomic mass is 35.5. The van der Waals surface area contributed by atoms with Gasteiger partial charge in [-0.05, 0) is 18.2 Å². The summed E-state index contributed by atoms with van der Waals surface area (Å²) in [6, 6.07) is 4.57. The Morgan fingerprint density at radius 3 is 3.00 bits per heavy atom. The third-order valence-electron chi connectivity index (χ3n) is 3.03. The van der Waals surface area contributed by atoms with Crippen LogP contribution in [-0.4, -0.2) is 18.2 Å². The quantitative estimate of drug-likeness (QED) is 0.845. The van der Waals surface area contributed by atoms with Crippen molar-refractivity contribution >= 4 is 22.5 Å². The summed E-state index contributed by atoms with van der Waals surface area (Å²) in [4.78, 5) is 4.49. The van der Waals surface area contributed by atoms with E-state index in [1.807, 2.05) is 0 Å². The molecule has 0 unspecified atom stereocenters. The largest absolute Gasteiger partial charge is 0.435 e. The molecule has 0 radical (unpaired) electrons. The lowest BCUT2D eigenvalue weighted by Crippen LogP contribution is -2.12. The third-order valence-corrected chi connectivity index (χ3v) is 3.46. The summed E-state index contributed by atoms with van der Waals surface area (Å²) in [6.45, 7) is -1.84. The van der Waals surface area contributed by atoms with Gasteiger partial charge in [-0.25, -0.2) is 0 Å². The van der Waals surface area contributed by atoms with Crippen molar-refractivity contribution in [2.24, 2.45) is 0 Å². The monoisotopic (exact) mass is 285 g/mol. The number of hydrogen-bond donors (Lipinski definition) is 0. The molecular weight excluding hydrogens is 276 g/mol. The van der Waals surface area contributed by atoms with E-state index in [1.165, 1.54) is 12.1 Å². The predicted molar refractivity (Wildman–Crippen MR) is 66.7 cm³/mol. The summed E-state index contributed by atoms with van der Waals surface area (Å²) >= 11 is 6.30. The summed E-state index contributed by atoms with van der Waals surface area (Å²) in [5.41, 5.74) is 2.41. The molecule has 0 amide bonds. The average Bonchev–Trinajstić information content (AvgIpc) is 2.39. The second-order valence-electron chi connectivity index (χ2n) is 4.21. The molecule has 0 saturated heterocycles. The van der Waals surface area contributed by atoms with E-state index in [9.17, 15) is 8.78 Å². The van der Waals surface area contributed by atoms with Gasteiger partial charge in [0.05, 0.1) is 29.4 Å². The summed E-state index contributed by atoms with van der Waals surface area (Å²) in [6.07, 6.45) is 0.709. The lowest BCUT2D eigenvalue weighted by molar-refractivity contribution is -0.0497. The fourth-order valence-electron chi connectivity index (χ4n) is 2.16. The molecule has 3 rings (SSSR count). The molecule has 1 aromatic heterocycles. The number of hydrogen-bond acceptors (Lipinski definition) is 3. The molecule has 2 aromatic rings. The van der Waals surface area contributed by atoms with Crippen LogP contribution in [0.4, 0.5) is 8.78 Å². The van der Waals surface area contributed by atoms with E-state index in [0.717, 1.165) is 11.3 Å². The smallest absolute Gasteiger partial charge is 0.387 e. The van der Waals surface area contributed by atoms with Crippen molar-refractivity contribution in [2.75, 3.05) is 6.61 Å². The summed E-state index contributed by atoms with van der Waals surface area (Å²) in [7, 11) is 0. The second-order valence-corrected chi connectivity index (χ2v) is 4.59. The molecule has 2 heterocycles. The Morgan fingerprint density at radius 1 is 1.37 bits per heavy atom. The van der Waals surface area contributed by atoms with Gasteiger partial charge < -0.3 is 9.47 Å². The van der Waals surface area contributed by atoms with Crippen molar-refractivity contribution < 1.29 is 18.3 Å². The van der Waals surface area contributed by atoms with Crippen LogP contribution in [-0.2, 0) is 17.8 Å². The van der Waals surface area contributed by atoms with Crippen LogP contribution in [0.2, 0.25) is 5.02 Å². The van der Waals surface area contributed by atoms with Crippen LogP contribution in [0, 0.1) is 0 Å². The zero-order valence-corrected chi connectivity index (χ0v) is 10.6. The molecule has 6 heteroatoms. The molecule has 0 fully saturated rings. The lowest BCUT2D eigenvalue weighted by atomic mass is 10.1. The van der Waals surface area contributed by atoms with Crippen LogP contribution in [0.3, 0.4) is 0 Å². The van der Waals surface area contributed by atoms with Crippen LogP contribution in [0.1, 0.15) is 11.3 Å². The normalized spacial score (nSPS) is 14.7. The molecule has 0 N–H and O–H groups in total. The Hall–Kier alpha value is -1.46. The fraction of sp³-hybridized carbons (Fsp3) is 0.308. The molecule has 1 aliphatic heterocycles. The van der Waals surface area contributed by atoms with Crippen molar-refractivity contribution in [2.45, 2.75) is 19.6 Å². The van der Waals surface area contributed by atoms with Gasteiger partial charge in [0, 0.05) is 17.4 Å². The van der Waals surface area contributed by atoms with Gasteiger partial charge in [-0.3, -0.25) is 4.98 Å². The Balaban J connectivity index is 2.14. The van der Waals surface area contributed by atoms with Crippen LogP contribution in [0.5, 0.6) is 5.75 Å². The van der Waals surface area contributed by atoms with Crippen molar-refractivity contribution in [1.29, 1.82) is 0 Å². The molecular formula is C13H10ClF2NO2. The number of ether oxygens (including phenoxy) is 2. The number of benzene rings is 1. The highest BCUT2D eigenvalue weighted by Gasteiger charge is 2.18. The molecule has 3 nitrogen and oxygen atoms in total. The van der Waals surface area contributed by atoms with Crippen molar-refractivity contribution in [3.8, 4) is 5.75 Å². The van der Waals surface area contributed by atoms with Gasteiger partial charge in [0.25, 0.3) is 0 Å². The fourth-order valence-corrected chi connectivity index (χ4v) is 2.48. The van der Waals surface area contributed by atoms with E-state index in [0.29, 0.717) is 35.6 Å². The minimum atomic E-state index is -2.86. The van der Waals surface area contributed by atoms with Gasteiger partial charge in [-0.15, -0.1) is 0 Å². The van der Waals surface area contributed by atoms with Crippen molar-refractivity contribution in [1.82, 2.24) is 4.98 Å². The first-order valence-electron chi connectivity index (χ1n) is 5.78. The maximum atomic E-state index is 12.2. The predicted octanol–water partition coefficient (Wildman–Crippen LogP) is 3.56. The van der Waals surface area contributed by atoms with E-state index in [4.69, 9.17) is 16.3 Å². The SMILES string of the molecule is FC(F)Oc1ccc2nc3c(c(Cl)c2c1)COCC3. The average molecular weight is 286 g/mol. The number of aromatic nitrogens is 1. The minimum absolute atomic E-state index is 0.0721. The Morgan fingerprint density at radius 2 is 2.21 bits per heavy atom. The summed E-state index contributed by atoms with van der Waals surface area (Å²) in [5.74, 6) is 0.0721. The minimum Gasteiger partial charge on any atom is -0.435 e. The molecule has 1 aliphatic rings. The highest BCUT2D eigenvalue weighted by Crippen LogP contribution is 2.33. The maximum absolute atomic E-state index is 12.2. The van der Waals surface area contributed by atoms with Gasteiger partial charge in [0.1, 0.15) is 5.75 Å². The molecule has 1 aromatic carbocycles. The topological polar surface area (TPSA) is 31.4 Å². The number of halogens is 3. The third kappa shape index (κ3) is 2.35. The molecule has 0 bridgehead atoms. The Kier molecular flexibility index (Phi) is 3.24. The number of nitrogens with zero attached hydrogens (tertiary/aromatic N) is 1. The maximum Gasteiger partial charge on any atom is 0.387 e. The zero-order chi connectivity index (χ0) is 13.4. The molecule has 0 aliphatic carbocycles. The second kappa shape index (κ2) is 4.90. The Labute approximate surface area is 113 Å². The summed E-state index contributed by atoms with van der Waals surface area (Å²) < 4.78 is 34.1. The van der Waals surface area contributed by atoms with Gasteiger partial charge in [-0.2, -0.15) is 8.78 Å². The van der Waals surface area contributed by atoms with E-state index in [1.54, 1.807) is 6.07 Å². The molecule has 19 heavy (non-hydrogen) atoms. The zero-order valence-electron chi connectivity index (χ0n) is 9.83. The molecule has 100 valence electrons. The van der Waals surface area contributed by atoms with Crippen molar-refractivity contribution in [3.05, 3.63) is 34.5 Å². The molecule has 0 spiro atoms. The van der Waals surface area contributed by atoms with Gasteiger partial charge in [0.2, 0.25) is 0 Å². The van der Waals surface area contributed by atoms with E-state index >= 15 is 0 Å².